The number of hydrogen-bond donors (Lipinski definition) is 2. The fraction of sp³-hybridized carbons (Fsp3) is 0.267. The van der Waals surface area contributed by atoms with Gasteiger partial charge in [-0.05, 0) is 80.4 Å². The van der Waals surface area contributed by atoms with Gasteiger partial charge in [0, 0.05) is 24.4 Å². The van der Waals surface area contributed by atoms with Crippen molar-refractivity contribution in [2.75, 3.05) is 7.05 Å². The first-order valence-corrected chi connectivity index (χ1v) is 12.4. The molecular weight excluding hydrogens is 507 g/mol. The van der Waals surface area contributed by atoms with Crippen molar-refractivity contribution in [3.05, 3.63) is 113 Å². The molecule has 1 unspecified atom stereocenters. The number of alkyl halides is 3. The number of aromatic nitrogens is 2. The molecule has 0 saturated heterocycles. The Morgan fingerprint density at radius 3 is 2.33 bits per heavy atom. The largest absolute Gasteiger partial charge is 0.478 e. The van der Waals surface area contributed by atoms with Crippen LogP contribution in [0.1, 0.15) is 47.8 Å². The Balaban J connectivity index is 1.63. The van der Waals surface area contributed by atoms with E-state index in [1.807, 2.05) is 55.6 Å². The predicted molar refractivity (Wildman–Crippen MR) is 142 cm³/mol. The number of carboxylic acid groups (broad SMARTS) is 1. The molecule has 9 heteroatoms. The van der Waals surface area contributed by atoms with Crippen molar-refractivity contribution in [2.45, 2.75) is 44.5 Å². The second kappa shape index (κ2) is 11.3. The number of benzene rings is 3. The third-order valence-electron chi connectivity index (χ3n) is 6.53. The summed E-state index contributed by atoms with van der Waals surface area (Å²) in [6.07, 6.45) is -1.99. The standard InChI is InChI=1S/C30H30F3N3O3/c1-29(2,28(37)38)39-25-12-9-21(10-13-25)26(34-3)19-24-15-16-35-36(24)27-14-11-23(30(31,32)33)18-22(27)17-20-7-5-4-6-8-20/h4-16,18,26,34H,17,19H2,1-3H3,(H,37,38). The number of halogens is 3. The first-order valence-electron chi connectivity index (χ1n) is 12.4. The Kier molecular flexibility index (Phi) is 8.11. The van der Waals surface area contributed by atoms with Crippen LogP contribution in [0.2, 0.25) is 0 Å². The summed E-state index contributed by atoms with van der Waals surface area (Å²) in [5.74, 6) is -0.635. The molecule has 0 radical (unpaired) electrons. The maximum atomic E-state index is 13.6. The van der Waals surface area contributed by atoms with Gasteiger partial charge < -0.3 is 15.2 Å². The van der Waals surface area contributed by atoms with Gasteiger partial charge in [0.15, 0.2) is 5.60 Å². The van der Waals surface area contributed by atoms with E-state index in [0.717, 1.165) is 22.9 Å². The van der Waals surface area contributed by atoms with E-state index < -0.39 is 23.3 Å². The number of nitrogens with one attached hydrogen (secondary N) is 1. The average molecular weight is 538 g/mol. The minimum atomic E-state index is -4.45. The van der Waals surface area contributed by atoms with Gasteiger partial charge in [0.05, 0.1) is 11.3 Å². The summed E-state index contributed by atoms with van der Waals surface area (Å²) in [6.45, 7) is 2.96. The summed E-state index contributed by atoms with van der Waals surface area (Å²) < 4.78 is 48.0. The van der Waals surface area contributed by atoms with Crippen molar-refractivity contribution in [1.29, 1.82) is 0 Å². The van der Waals surface area contributed by atoms with E-state index in [4.69, 9.17) is 4.74 Å². The van der Waals surface area contributed by atoms with Crippen molar-refractivity contribution in [2.24, 2.45) is 0 Å². The molecular formula is C30H30F3N3O3. The first-order chi connectivity index (χ1) is 18.5. The highest BCUT2D eigenvalue weighted by molar-refractivity contribution is 5.76. The van der Waals surface area contributed by atoms with Crippen molar-refractivity contribution in [3.8, 4) is 11.4 Å². The molecule has 0 saturated carbocycles. The van der Waals surface area contributed by atoms with E-state index in [-0.39, 0.29) is 6.04 Å². The number of carboxylic acids is 1. The monoisotopic (exact) mass is 537 g/mol. The summed E-state index contributed by atoms with van der Waals surface area (Å²) in [6, 6.07) is 22.0. The Bertz CT molecular complexity index is 1410. The molecule has 0 fully saturated rings. The van der Waals surface area contributed by atoms with Crippen LogP contribution in [-0.2, 0) is 23.8 Å². The van der Waals surface area contributed by atoms with Gasteiger partial charge in [-0.1, -0.05) is 42.5 Å². The molecule has 0 spiro atoms. The lowest BCUT2D eigenvalue weighted by Crippen LogP contribution is -2.37. The Hall–Kier alpha value is -4.11. The zero-order valence-electron chi connectivity index (χ0n) is 21.9. The molecule has 2 N–H and O–H groups in total. The van der Waals surface area contributed by atoms with Gasteiger partial charge in [-0.25, -0.2) is 9.48 Å². The molecule has 39 heavy (non-hydrogen) atoms. The number of likely N-dealkylation sites (N-methyl/N-ethyl adjacent to an activating group) is 1. The molecule has 4 rings (SSSR count). The molecule has 0 aliphatic carbocycles. The third-order valence-corrected chi connectivity index (χ3v) is 6.53. The van der Waals surface area contributed by atoms with Crippen LogP contribution in [-0.4, -0.2) is 33.5 Å². The number of nitrogens with zero attached hydrogens (tertiary/aromatic N) is 2. The summed E-state index contributed by atoms with van der Waals surface area (Å²) >= 11 is 0. The summed E-state index contributed by atoms with van der Waals surface area (Å²) in [5, 5.41) is 17.0. The molecule has 3 aromatic carbocycles. The maximum Gasteiger partial charge on any atom is 0.416 e. The van der Waals surface area contributed by atoms with Crippen molar-refractivity contribution in [1.82, 2.24) is 15.1 Å². The van der Waals surface area contributed by atoms with Crippen molar-refractivity contribution < 1.29 is 27.8 Å². The smallest absolute Gasteiger partial charge is 0.416 e. The number of rotatable bonds is 10. The van der Waals surface area contributed by atoms with Gasteiger partial charge in [-0.15, -0.1) is 0 Å². The van der Waals surface area contributed by atoms with Crippen LogP contribution in [0.15, 0.2) is 85.1 Å². The van der Waals surface area contributed by atoms with Crippen LogP contribution in [0, 0.1) is 0 Å². The van der Waals surface area contributed by atoms with E-state index in [9.17, 15) is 23.1 Å². The third kappa shape index (κ3) is 6.67. The second-order valence-corrected chi connectivity index (χ2v) is 9.77. The number of aliphatic carboxylic acids is 1. The summed E-state index contributed by atoms with van der Waals surface area (Å²) in [4.78, 5) is 11.4. The molecule has 0 aliphatic rings. The molecule has 6 nitrogen and oxygen atoms in total. The maximum absolute atomic E-state index is 13.6. The highest BCUT2D eigenvalue weighted by Gasteiger charge is 2.32. The van der Waals surface area contributed by atoms with E-state index in [2.05, 4.69) is 10.4 Å². The quantitative estimate of drug-likeness (QED) is 0.251. The zero-order valence-corrected chi connectivity index (χ0v) is 21.9. The van der Waals surface area contributed by atoms with Crippen LogP contribution in [0.5, 0.6) is 5.75 Å². The van der Waals surface area contributed by atoms with Crippen LogP contribution in [0.3, 0.4) is 0 Å². The number of carbonyl (C=O) groups is 1. The van der Waals surface area contributed by atoms with Gasteiger partial charge in [0.25, 0.3) is 0 Å². The van der Waals surface area contributed by atoms with Crippen LogP contribution >= 0.6 is 0 Å². The Labute approximate surface area is 225 Å². The van der Waals surface area contributed by atoms with Crippen LogP contribution in [0.25, 0.3) is 5.69 Å². The number of ether oxygens (including phenoxy) is 1. The van der Waals surface area contributed by atoms with Crippen LogP contribution < -0.4 is 10.1 Å². The van der Waals surface area contributed by atoms with Gasteiger partial charge in [0.1, 0.15) is 5.75 Å². The highest BCUT2D eigenvalue weighted by atomic mass is 19.4. The zero-order chi connectivity index (χ0) is 28.2. The Morgan fingerprint density at radius 1 is 1.03 bits per heavy atom. The molecule has 1 aromatic heterocycles. The van der Waals surface area contributed by atoms with E-state index in [0.29, 0.717) is 29.8 Å². The van der Waals surface area contributed by atoms with Gasteiger partial charge in [0.2, 0.25) is 0 Å². The van der Waals surface area contributed by atoms with Crippen molar-refractivity contribution in [3.63, 3.8) is 0 Å². The highest BCUT2D eigenvalue weighted by Crippen LogP contribution is 2.33. The topological polar surface area (TPSA) is 76.4 Å². The average Bonchev–Trinajstić information content (AvgIpc) is 3.35. The summed E-state index contributed by atoms with van der Waals surface area (Å²) in [7, 11) is 1.82. The SMILES string of the molecule is CNC(Cc1ccnn1-c1ccc(C(F)(F)F)cc1Cc1ccccc1)c1ccc(OC(C)(C)C(=O)O)cc1. The van der Waals surface area contributed by atoms with Gasteiger partial charge in [-0.3, -0.25) is 0 Å². The first kappa shape index (κ1) is 27.9. The summed E-state index contributed by atoms with van der Waals surface area (Å²) in [5.41, 5.74) is 1.68. The van der Waals surface area contributed by atoms with Gasteiger partial charge in [-0.2, -0.15) is 18.3 Å². The van der Waals surface area contributed by atoms with Crippen molar-refractivity contribution >= 4 is 5.97 Å². The fourth-order valence-electron chi connectivity index (χ4n) is 4.33. The minimum absolute atomic E-state index is 0.144. The molecule has 0 aliphatic heterocycles. The molecule has 4 aromatic rings. The van der Waals surface area contributed by atoms with E-state index in [1.165, 1.54) is 26.0 Å². The molecule has 204 valence electrons. The second-order valence-electron chi connectivity index (χ2n) is 9.77. The van der Waals surface area contributed by atoms with E-state index >= 15 is 0 Å². The molecule has 1 heterocycles. The minimum Gasteiger partial charge on any atom is -0.478 e. The molecule has 0 amide bonds. The lowest BCUT2D eigenvalue weighted by molar-refractivity contribution is -0.152. The predicted octanol–water partition coefficient (Wildman–Crippen LogP) is 6.23. The lowest BCUT2D eigenvalue weighted by Gasteiger charge is -2.23. The lowest BCUT2D eigenvalue weighted by atomic mass is 9.99. The Morgan fingerprint density at radius 2 is 1.72 bits per heavy atom. The van der Waals surface area contributed by atoms with Crippen LogP contribution in [0.4, 0.5) is 13.2 Å². The fourth-order valence-corrected chi connectivity index (χ4v) is 4.33. The molecule has 1 atom stereocenters. The van der Waals surface area contributed by atoms with E-state index in [1.54, 1.807) is 23.0 Å². The van der Waals surface area contributed by atoms with Gasteiger partial charge >= 0.3 is 12.1 Å². The normalized spacial score (nSPS) is 12.8. The number of hydrogen-bond acceptors (Lipinski definition) is 4. The molecule has 0 bridgehead atoms.